The number of fused-ring (bicyclic) bond motifs is 1. The maximum atomic E-state index is 13.1. The summed E-state index contributed by atoms with van der Waals surface area (Å²) in [5.41, 5.74) is 4.95. The lowest BCUT2D eigenvalue weighted by atomic mass is 10.2. The molecule has 8 nitrogen and oxygen atoms in total. The Morgan fingerprint density at radius 1 is 1.16 bits per heavy atom. The molecule has 0 fully saturated rings. The van der Waals surface area contributed by atoms with E-state index in [2.05, 4.69) is 44.7 Å². The van der Waals surface area contributed by atoms with Gasteiger partial charge in [-0.2, -0.15) is 0 Å². The second-order valence-electron chi connectivity index (χ2n) is 7.67. The third kappa shape index (κ3) is 3.60. The second kappa shape index (κ2) is 8.08. The second-order valence-corrected chi connectivity index (χ2v) is 8.96. The number of aryl methyl sites for hydroxylation is 3. The van der Waals surface area contributed by atoms with E-state index in [-0.39, 0.29) is 5.91 Å². The Morgan fingerprint density at radius 3 is 2.69 bits per heavy atom. The van der Waals surface area contributed by atoms with Crippen molar-refractivity contribution in [3.05, 3.63) is 76.4 Å². The summed E-state index contributed by atoms with van der Waals surface area (Å²) in [6, 6.07) is 9.93. The number of pyridine rings is 2. The van der Waals surface area contributed by atoms with E-state index in [4.69, 9.17) is 0 Å². The Kier molecular flexibility index (Phi) is 5.10. The number of amides is 1. The molecule has 0 aromatic carbocycles. The number of thiophene rings is 1. The van der Waals surface area contributed by atoms with Crippen molar-refractivity contribution in [3.63, 3.8) is 0 Å². The van der Waals surface area contributed by atoms with Gasteiger partial charge >= 0.3 is 0 Å². The summed E-state index contributed by atoms with van der Waals surface area (Å²) >= 11 is 1.70. The van der Waals surface area contributed by atoms with Crippen LogP contribution in [0.4, 0.5) is 0 Å². The van der Waals surface area contributed by atoms with E-state index in [1.807, 2.05) is 53.5 Å². The lowest BCUT2D eigenvalue weighted by Crippen LogP contribution is -2.24. The first kappa shape index (κ1) is 20.2. The summed E-state index contributed by atoms with van der Waals surface area (Å²) in [6.45, 7) is 6.47. The maximum Gasteiger partial charge on any atom is 0.253 e. The van der Waals surface area contributed by atoms with Gasteiger partial charge in [0.2, 0.25) is 0 Å². The minimum atomic E-state index is -0.161. The molecule has 0 radical (unpaired) electrons. The normalized spacial score (nSPS) is 11.3. The molecule has 5 aromatic rings. The van der Waals surface area contributed by atoms with Crippen molar-refractivity contribution >= 4 is 22.9 Å². The van der Waals surface area contributed by atoms with Crippen molar-refractivity contribution in [1.82, 2.24) is 34.7 Å². The Morgan fingerprint density at radius 2 is 2.03 bits per heavy atom. The molecule has 2 N–H and O–H groups in total. The highest BCUT2D eigenvalue weighted by molar-refractivity contribution is 7.15. The molecule has 0 atom stereocenters. The SMILES string of the molecule is CCc1n[nH]n1-c1cc(C(=O)NCc2ccc(C)nc2)cn2c(-c3ccc(C)s3)cnc12. The van der Waals surface area contributed by atoms with Crippen molar-refractivity contribution in [2.45, 2.75) is 33.7 Å². The average Bonchev–Trinajstić information content (AvgIpc) is 3.38. The van der Waals surface area contributed by atoms with Crippen LogP contribution < -0.4 is 5.32 Å². The Hall–Kier alpha value is -3.72. The van der Waals surface area contributed by atoms with Gasteiger partial charge in [-0.25, -0.2) is 14.9 Å². The number of hydrogen-bond donors (Lipinski definition) is 2. The van der Waals surface area contributed by atoms with E-state index < -0.39 is 0 Å². The molecule has 9 heteroatoms. The van der Waals surface area contributed by atoms with Crippen molar-refractivity contribution < 1.29 is 4.79 Å². The van der Waals surface area contributed by atoms with Crippen LogP contribution in [0.5, 0.6) is 0 Å². The predicted molar refractivity (Wildman–Crippen MR) is 124 cm³/mol. The van der Waals surface area contributed by atoms with Crippen LogP contribution in [0, 0.1) is 13.8 Å². The zero-order valence-electron chi connectivity index (χ0n) is 18.1. The van der Waals surface area contributed by atoms with Gasteiger partial charge in [0.15, 0.2) is 11.5 Å². The van der Waals surface area contributed by atoms with Crippen LogP contribution in [0.2, 0.25) is 0 Å². The van der Waals surface area contributed by atoms with E-state index in [9.17, 15) is 4.79 Å². The van der Waals surface area contributed by atoms with Gasteiger partial charge in [0.1, 0.15) is 5.69 Å². The summed E-state index contributed by atoms with van der Waals surface area (Å²) in [5, 5.41) is 10.2. The number of rotatable bonds is 6. The molecule has 5 aromatic heterocycles. The molecule has 0 spiro atoms. The van der Waals surface area contributed by atoms with Crippen molar-refractivity contribution in [2.75, 3.05) is 0 Å². The lowest BCUT2D eigenvalue weighted by molar-refractivity contribution is 0.0950. The molecule has 0 aliphatic carbocycles. The molecule has 0 unspecified atom stereocenters. The fraction of sp³-hybridized carbons (Fsp3) is 0.217. The number of carbonyl (C=O) groups excluding carboxylic acids is 1. The molecule has 162 valence electrons. The quantitative estimate of drug-likeness (QED) is 0.412. The number of aromatic amines is 1. The number of aromatic nitrogens is 6. The smallest absolute Gasteiger partial charge is 0.253 e. The van der Waals surface area contributed by atoms with Crippen LogP contribution in [-0.4, -0.2) is 35.3 Å². The standard InChI is InChI=1S/C23H23N7OS/c1-4-21-27-28-30(21)18-9-17(23(31)26-11-16-7-5-14(2)24-10-16)13-29-19(12-25-22(18)29)20-8-6-15(3)32-20/h5-10,12-13,28H,4,11H2,1-3H3,(H,26,31). The molecular formula is C23H23N7OS. The van der Waals surface area contributed by atoms with Crippen LogP contribution in [0.1, 0.15) is 39.2 Å². The van der Waals surface area contributed by atoms with Gasteiger partial charge < -0.3 is 5.32 Å². The number of H-pyrrole nitrogens is 1. The summed E-state index contributed by atoms with van der Waals surface area (Å²) in [6.07, 6.45) is 6.26. The average molecular weight is 446 g/mol. The third-order valence-corrected chi connectivity index (χ3v) is 6.38. The zero-order chi connectivity index (χ0) is 22.2. The van der Waals surface area contributed by atoms with Crippen LogP contribution in [-0.2, 0) is 13.0 Å². The van der Waals surface area contributed by atoms with Gasteiger partial charge in [-0.3, -0.25) is 14.2 Å². The summed E-state index contributed by atoms with van der Waals surface area (Å²) < 4.78 is 3.86. The van der Waals surface area contributed by atoms with Gasteiger partial charge in [-0.05, 0) is 43.7 Å². The van der Waals surface area contributed by atoms with Gasteiger partial charge in [0.25, 0.3) is 5.91 Å². The van der Waals surface area contributed by atoms with Crippen molar-refractivity contribution in [3.8, 4) is 16.3 Å². The molecule has 0 saturated carbocycles. The molecule has 0 saturated heterocycles. The molecule has 5 rings (SSSR count). The van der Waals surface area contributed by atoms with Gasteiger partial charge in [0.05, 0.1) is 22.3 Å². The van der Waals surface area contributed by atoms with Gasteiger partial charge in [-0.1, -0.05) is 13.0 Å². The fourth-order valence-electron chi connectivity index (χ4n) is 3.60. The number of nitrogens with one attached hydrogen (secondary N) is 2. The molecule has 32 heavy (non-hydrogen) atoms. The first-order chi connectivity index (χ1) is 15.5. The van der Waals surface area contributed by atoms with E-state index in [0.29, 0.717) is 12.1 Å². The predicted octanol–water partition coefficient (Wildman–Crippen LogP) is 4.08. The molecule has 0 aliphatic rings. The first-order valence-corrected chi connectivity index (χ1v) is 11.2. The Bertz CT molecular complexity index is 1400. The van der Waals surface area contributed by atoms with E-state index in [1.165, 1.54) is 4.88 Å². The number of hydrogen-bond acceptors (Lipinski definition) is 5. The Labute approximate surface area is 188 Å². The fourth-order valence-corrected chi connectivity index (χ4v) is 4.48. The number of imidazole rings is 1. The summed E-state index contributed by atoms with van der Waals surface area (Å²) in [5.74, 6) is 0.734. The van der Waals surface area contributed by atoms with Gasteiger partial charge in [0, 0.05) is 35.9 Å². The minimum Gasteiger partial charge on any atom is -0.348 e. The molecule has 5 heterocycles. The highest BCUT2D eigenvalue weighted by Crippen LogP contribution is 2.30. The monoisotopic (exact) mass is 445 g/mol. The molecule has 0 bridgehead atoms. The maximum absolute atomic E-state index is 13.1. The molecule has 0 aliphatic heterocycles. The van der Waals surface area contributed by atoms with E-state index in [1.54, 1.807) is 17.5 Å². The highest BCUT2D eigenvalue weighted by atomic mass is 32.1. The van der Waals surface area contributed by atoms with Crippen LogP contribution in [0.25, 0.3) is 21.9 Å². The topological polar surface area (TPSA) is 92.9 Å². The molecular weight excluding hydrogens is 422 g/mol. The number of carbonyl (C=O) groups is 1. The van der Waals surface area contributed by atoms with Crippen molar-refractivity contribution in [1.29, 1.82) is 0 Å². The van der Waals surface area contributed by atoms with Crippen LogP contribution in [0.15, 0.2) is 48.9 Å². The third-order valence-electron chi connectivity index (χ3n) is 5.36. The Balaban J connectivity index is 1.56. The molecule has 1 amide bonds. The zero-order valence-corrected chi connectivity index (χ0v) is 18.9. The largest absolute Gasteiger partial charge is 0.348 e. The summed E-state index contributed by atoms with van der Waals surface area (Å²) in [4.78, 5) is 24.4. The first-order valence-electron chi connectivity index (χ1n) is 10.4. The van der Waals surface area contributed by atoms with Crippen molar-refractivity contribution in [2.24, 2.45) is 0 Å². The van der Waals surface area contributed by atoms with Gasteiger partial charge in [-0.15, -0.1) is 16.4 Å². The van der Waals surface area contributed by atoms with E-state index in [0.717, 1.165) is 45.4 Å². The van der Waals surface area contributed by atoms with E-state index >= 15 is 0 Å². The van der Waals surface area contributed by atoms with Crippen LogP contribution >= 0.6 is 11.3 Å². The number of nitrogens with zero attached hydrogens (tertiary/aromatic N) is 5. The van der Waals surface area contributed by atoms with Crippen LogP contribution in [0.3, 0.4) is 0 Å². The highest BCUT2D eigenvalue weighted by Gasteiger charge is 2.19. The summed E-state index contributed by atoms with van der Waals surface area (Å²) in [7, 11) is 0. The lowest BCUT2D eigenvalue weighted by Gasteiger charge is -2.17. The minimum absolute atomic E-state index is 0.161.